The number of halogens is 2. The molecule has 1 N–H and O–H groups in total. The number of hydrogen-bond donors (Lipinski definition) is 1. The van der Waals surface area contributed by atoms with Crippen LogP contribution in [0.4, 0.5) is 4.39 Å². The van der Waals surface area contributed by atoms with Crippen molar-refractivity contribution in [3.8, 4) is 11.5 Å². The summed E-state index contributed by atoms with van der Waals surface area (Å²) in [6.07, 6.45) is 0. The topological polar surface area (TPSA) is 39.7 Å². The summed E-state index contributed by atoms with van der Waals surface area (Å²) in [5.74, 6) is 1.09. The number of ether oxygens (including phenoxy) is 3. The van der Waals surface area contributed by atoms with Gasteiger partial charge in [0.25, 0.3) is 0 Å². The van der Waals surface area contributed by atoms with E-state index in [1.54, 1.807) is 26.4 Å². The summed E-state index contributed by atoms with van der Waals surface area (Å²) in [5.41, 5.74) is 2.01. The third-order valence-corrected chi connectivity index (χ3v) is 3.35. The highest BCUT2D eigenvalue weighted by Crippen LogP contribution is 2.28. The smallest absolute Gasteiger partial charge is 0.161 e. The molecule has 2 rings (SSSR count). The lowest BCUT2D eigenvalue weighted by atomic mass is 10.2. The molecule has 0 bridgehead atoms. The van der Waals surface area contributed by atoms with Gasteiger partial charge in [0, 0.05) is 20.2 Å². The minimum absolute atomic E-state index is 0. The van der Waals surface area contributed by atoms with E-state index in [1.165, 1.54) is 12.1 Å². The van der Waals surface area contributed by atoms with Gasteiger partial charge < -0.3 is 31.9 Å². The van der Waals surface area contributed by atoms with Gasteiger partial charge in [0.05, 0.1) is 13.7 Å². The van der Waals surface area contributed by atoms with E-state index < -0.39 is 0 Å². The molecule has 6 heteroatoms. The summed E-state index contributed by atoms with van der Waals surface area (Å²) in [4.78, 5) is 0. The first-order chi connectivity index (χ1) is 11.2. The highest BCUT2D eigenvalue weighted by atomic mass is 35.5. The van der Waals surface area contributed by atoms with Gasteiger partial charge in [0.15, 0.2) is 11.5 Å². The van der Waals surface area contributed by atoms with Crippen molar-refractivity contribution in [2.24, 2.45) is 0 Å². The second kappa shape index (κ2) is 10.9. The van der Waals surface area contributed by atoms with Crippen LogP contribution in [0.25, 0.3) is 0 Å². The van der Waals surface area contributed by atoms with E-state index in [-0.39, 0.29) is 18.2 Å². The van der Waals surface area contributed by atoms with Crippen LogP contribution < -0.4 is 27.2 Å². The van der Waals surface area contributed by atoms with Gasteiger partial charge in [-0.05, 0) is 35.4 Å². The summed E-state index contributed by atoms with van der Waals surface area (Å²) < 4.78 is 29.0. The molecule has 0 fully saturated rings. The lowest BCUT2D eigenvalue weighted by Gasteiger charge is -2.13. The zero-order chi connectivity index (χ0) is 16.5. The van der Waals surface area contributed by atoms with E-state index in [4.69, 9.17) is 14.2 Å². The molecule has 2 aromatic carbocycles. The molecule has 0 saturated heterocycles. The molecule has 0 radical (unpaired) electrons. The van der Waals surface area contributed by atoms with Crippen molar-refractivity contribution < 1.29 is 31.0 Å². The van der Waals surface area contributed by atoms with Crippen LogP contribution in [-0.2, 0) is 17.9 Å². The predicted octanol–water partition coefficient (Wildman–Crippen LogP) is 0.153. The van der Waals surface area contributed by atoms with Gasteiger partial charge in [-0.3, -0.25) is 0 Å². The van der Waals surface area contributed by atoms with Gasteiger partial charge in [0.1, 0.15) is 12.4 Å². The zero-order valence-corrected chi connectivity index (χ0v) is 14.6. The number of rotatable bonds is 9. The summed E-state index contributed by atoms with van der Waals surface area (Å²) in [6.45, 7) is 2.57. The Morgan fingerprint density at radius 1 is 0.958 bits per heavy atom. The minimum Gasteiger partial charge on any atom is -1.00 e. The number of hydrogen-bond acceptors (Lipinski definition) is 4. The van der Waals surface area contributed by atoms with Gasteiger partial charge in [-0.1, -0.05) is 18.2 Å². The first kappa shape index (κ1) is 20.2. The molecular weight excluding hydrogens is 333 g/mol. The van der Waals surface area contributed by atoms with Crippen molar-refractivity contribution >= 4 is 0 Å². The van der Waals surface area contributed by atoms with Crippen LogP contribution in [0.3, 0.4) is 0 Å². The number of benzene rings is 2. The highest BCUT2D eigenvalue weighted by Gasteiger charge is 2.06. The normalized spacial score (nSPS) is 10.1. The summed E-state index contributed by atoms with van der Waals surface area (Å²) in [5, 5.41) is 3.28. The Hall–Kier alpha value is -1.82. The lowest BCUT2D eigenvalue weighted by molar-refractivity contribution is -0.00000627. The van der Waals surface area contributed by atoms with Crippen LogP contribution in [0.5, 0.6) is 11.5 Å². The molecule has 0 saturated carbocycles. The average Bonchev–Trinajstić information content (AvgIpc) is 2.58. The Morgan fingerprint density at radius 2 is 1.67 bits per heavy atom. The standard InChI is InChI=1S/C18H22FNO3.ClH/c1-21-10-9-20-12-15-5-8-17(18(11-15)22-2)23-13-14-3-6-16(19)7-4-14;/h3-8,11,20H,9-10,12-13H2,1-2H3;1H/p-1. The maximum atomic E-state index is 12.9. The van der Waals surface area contributed by atoms with Crippen molar-refractivity contribution in [1.82, 2.24) is 5.32 Å². The predicted molar refractivity (Wildman–Crippen MR) is 87.3 cm³/mol. The van der Waals surface area contributed by atoms with Gasteiger partial charge in [-0.2, -0.15) is 0 Å². The van der Waals surface area contributed by atoms with Crippen LogP contribution in [0.15, 0.2) is 42.5 Å². The second-order valence-corrected chi connectivity index (χ2v) is 5.07. The number of nitrogens with one attached hydrogen (secondary N) is 1. The van der Waals surface area contributed by atoms with E-state index in [0.29, 0.717) is 24.7 Å². The Kier molecular flexibility index (Phi) is 9.15. The third kappa shape index (κ3) is 6.35. The summed E-state index contributed by atoms with van der Waals surface area (Å²) >= 11 is 0. The van der Waals surface area contributed by atoms with Gasteiger partial charge in [-0.15, -0.1) is 0 Å². The Bertz CT molecular complexity index is 608. The van der Waals surface area contributed by atoms with Gasteiger partial charge in [0.2, 0.25) is 0 Å². The molecule has 0 unspecified atom stereocenters. The van der Waals surface area contributed by atoms with E-state index in [0.717, 1.165) is 24.2 Å². The van der Waals surface area contributed by atoms with Crippen LogP contribution >= 0.6 is 0 Å². The second-order valence-electron chi connectivity index (χ2n) is 5.07. The summed E-state index contributed by atoms with van der Waals surface area (Å²) in [7, 11) is 3.29. The zero-order valence-electron chi connectivity index (χ0n) is 13.9. The molecule has 0 spiro atoms. The fourth-order valence-electron chi connectivity index (χ4n) is 2.09. The molecular formula is C18H22ClFNO3-. The highest BCUT2D eigenvalue weighted by molar-refractivity contribution is 5.43. The first-order valence-corrected chi connectivity index (χ1v) is 7.46. The van der Waals surface area contributed by atoms with Crippen LogP contribution in [0.1, 0.15) is 11.1 Å². The Morgan fingerprint density at radius 3 is 2.33 bits per heavy atom. The fourth-order valence-corrected chi connectivity index (χ4v) is 2.09. The maximum Gasteiger partial charge on any atom is 0.161 e. The van der Waals surface area contributed by atoms with Crippen LogP contribution in [0, 0.1) is 5.82 Å². The maximum absolute atomic E-state index is 12.9. The van der Waals surface area contributed by atoms with Gasteiger partial charge in [-0.25, -0.2) is 4.39 Å². The summed E-state index contributed by atoms with van der Waals surface area (Å²) in [6, 6.07) is 12.1. The van der Waals surface area contributed by atoms with E-state index in [1.807, 2.05) is 18.2 Å². The molecule has 2 aromatic rings. The van der Waals surface area contributed by atoms with E-state index >= 15 is 0 Å². The molecule has 24 heavy (non-hydrogen) atoms. The molecule has 4 nitrogen and oxygen atoms in total. The van der Waals surface area contributed by atoms with Gasteiger partial charge >= 0.3 is 0 Å². The number of methoxy groups -OCH3 is 2. The first-order valence-electron chi connectivity index (χ1n) is 7.46. The fraction of sp³-hybridized carbons (Fsp3) is 0.333. The minimum atomic E-state index is -0.253. The monoisotopic (exact) mass is 354 g/mol. The van der Waals surface area contributed by atoms with Crippen LogP contribution in [-0.4, -0.2) is 27.4 Å². The van der Waals surface area contributed by atoms with E-state index in [2.05, 4.69) is 5.32 Å². The molecule has 0 aliphatic rings. The molecule has 132 valence electrons. The van der Waals surface area contributed by atoms with Crippen molar-refractivity contribution in [2.45, 2.75) is 13.2 Å². The van der Waals surface area contributed by atoms with Crippen molar-refractivity contribution in [3.63, 3.8) is 0 Å². The van der Waals surface area contributed by atoms with Crippen molar-refractivity contribution in [2.75, 3.05) is 27.4 Å². The Balaban J connectivity index is 0.00000288. The quantitative estimate of drug-likeness (QED) is 0.651. The molecule has 0 aliphatic carbocycles. The molecule has 0 amide bonds. The largest absolute Gasteiger partial charge is 1.00 e. The molecule has 0 aromatic heterocycles. The molecule has 0 heterocycles. The molecule has 0 atom stereocenters. The van der Waals surface area contributed by atoms with E-state index in [9.17, 15) is 4.39 Å². The molecule has 0 aliphatic heterocycles. The van der Waals surface area contributed by atoms with Crippen molar-refractivity contribution in [3.05, 3.63) is 59.4 Å². The SMILES string of the molecule is COCCNCc1ccc(OCc2ccc(F)cc2)c(OC)c1.[Cl-]. The Labute approximate surface area is 148 Å². The van der Waals surface area contributed by atoms with Crippen LogP contribution in [0.2, 0.25) is 0 Å². The average molecular weight is 355 g/mol. The third-order valence-electron chi connectivity index (χ3n) is 3.35. The van der Waals surface area contributed by atoms with Crippen molar-refractivity contribution in [1.29, 1.82) is 0 Å². The lowest BCUT2D eigenvalue weighted by Crippen LogP contribution is -3.00.